The van der Waals surface area contributed by atoms with Crippen LogP contribution in [0.3, 0.4) is 0 Å². The van der Waals surface area contributed by atoms with Crippen LogP contribution in [-0.4, -0.2) is 29.1 Å². The molecule has 0 fully saturated rings. The van der Waals surface area contributed by atoms with Gasteiger partial charge in [-0.15, -0.1) is 6.58 Å². The number of H-pyrrole nitrogens is 1. The zero-order chi connectivity index (χ0) is 19.6. The molecule has 0 aliphatic heterocycles. The predicted molar refractivity (Wildman–Crippen MR) is 107 cm³/mol. The van der Waals surface area contributed by atoms with Crippen LogP contribution < -0.4 is 15.1 Å². The molecule has 3 aromatic rings. The van der Waals surface area contributed by atoms with Gasteiger partial charge < -0.3 is 14.3 Å². The summed E-state index contributed by atoms with van der Waals surface area (Å²) in [6, 6.07) is 14.1. The number of aromatic nitrogens is 2. The Morgan fingerprint density at radius 2 is 1.89 bits per heavy atom. The molecule has 0 bridgehead atoms. The lowest BCUT2D eigenvalue weighted by Crippen LogP contribution is -2.32. The van der Waals surface area contributed by atoms with E-state index in [0.29, 0.717) is 18.0 Å². The maximum atomic E-state index is 12.7. The van der Waals surface area contributed by atoms with Crippen LogP contribution >= 0.6 is 0 Å². The van der Waals surface area contributed by atoms with Crippen molar-refractivity contribution in [2.45, 2.75) is 0 Å². The zero-order valence-corrected chi connectivity index (χ0v) is 15.5. The molecule has 1 amide bonds. The zero-order valence-electron chi connectivity index (χ0n) is 15.5. The molecule has 0 unspecified atom stereocenters. The highest BCUT2D eigenvalue weighted by atomic mass is 16.5. The van der Waals surface area contributed by atoms with Gasteiger partial charge in [0.25, 0.3) is 5.91 Å². The Bertz CT molecular complexity index is 926. The summed E-state index contributed by atoms with van der Waals surface area (Å²) in [6.07, 6.45) is 6.75. The molecule has 6 nitrogen and oxygen atoms in total. The normalized spacial score (nSPS) is 9.70. The third-order valence-electron chi connectivity index (χ3n) is 3.78. The molecule has 140 valence electrons. The van der Waals surface area contributed by atoms with Gasteiger partial charge in [0.2, 0.25) is 0 Å². The molecule has 3 rings (SSSR count). The Kier molecular flexibility index (Phi) is 7.19. The van der Waals surface area contributed by atoms with Gasteiger partial charge in [0.1, 0.15) is 11.4 Å². The van der Waals surface area contributed by atoms with Crippen LogP contribution in [-0.2, 0) is 7.05 Å². The van der Waals surface area contributed by atoms with Crippen LogP contribution in [0.4, 0.5) is 5.69 Å². The number of carbonyl (C=O) groups is 1. The van der Waals surface area contributed by atoms with Gasteiger partial charge in [-0.3, -0.25) is 14.5 Å². The van der Waals surface area contributed by atoms with Crippen LogP contribution in [0, 0.1) is 0 Å². The topological polar surface area (TPSA) is 67.3 Å². The Labute approximate surface area is 158 Å². The van der Waals surface area contributed by atoms with Crippen molar-refractivity contribution in [2.75, 3.05) is 18.6 Å². The summed E-state index contributed by atoms with van der Waals surface area (Å²) >= 11 is 0. The fraction of sp³-hybridized carbons (Fsp3) is 0.143. The second-order valence-electron chi connectivity index (χ2n) is 5.62. The minimum Gasteiger partial charge on any atom is -0.495 e. The first-order valence-corrected chi connectivity index (χ1v) is 8.38. The van der Waals surface area contributed by atoms with Crippen molar-refractivity contribution in [3.05, 3.63) is 95.7 Å². The number of amides is 1. The average Bonchev–Trinajstić information content (AvgIpc) is 3.12. The lowest BCUT2D eigenvalue weighted by Gasteiger charge is -2.23. The number of ether oxygens (including phenoxy) is 1. The van der Waals surface area contributed by atoms with Crippen LogP contribution in [0.15, 0.2) is 84.6 Å². The highest BCUT2D eigenvalue weighted by Crippen LogP contribution is 2.28. The average molecular weight is 365 g/mol. The number of hydrogen-bond acceptors (Lipinski definition) is 3. The molecule has 0 saturated heterocycles. The number of carbonyl (C=O) groups excluding carboxylic acids is 1. The fourth-order valence-corrected chi connectivity index (χ4v) is 2.47. The summed E-state index contributed by atoms with van der Waals surface area (Å²) in [5, 5.41) is 0. The van der Waals surface area contributed by atoms with E-state index in [-0.39, 0.29) is 11.3 Å². The number of aryl methyl sites for hydroxylation is 1. The largest absolute Gasteiger partial charge is 0.495 e. The van der Waals surface area contributed by atoms with E-state index in [1.54, 1.807) is 41.1 Å². The quantitative estimate of drug-likeness (QED) is 0.706. The van der Waals surface area contributed by atoms with E-state index in [4.69, 9.17) is 4.74 Å². The number of nitrogens with zero attached hydrogens (tertiary/aromatic N) is 2. The van der Waals surface area contributed by atoms with Gasteiger partial charge in [-0.05, 0) is 24.3 Å². The Hall–Kier alpha value is -3.54. The molecule has 2 aromatic heterocycles. The number of benzene rings is 1. The summed E-state index contributed by atoms with van der Waals surface area (Å²) in [5.74, 6) is 0.582. The minimum absolute atomic E-state index is 0.0405. The molecule has 0 aliphatic rings. The second-order valence-corrected chi connectivity index (χ2v) is 5.62. The smallest absolute Gasteiger partial charge is 0.275 e. The summed E-state index contributed by atoms with van der Waals surface area (Å²) < 4.78 is 7.13. The van der Waals surface area contributed by atoms with E-state index in [1.165, 1.54) is 12.1 Å². The van der Waals surface area contributed by atoms with Crippen molar-refractivity contribution < 1.29 is 9.53 Å². The van der Waals surface area contributed by atoms with Gasteiger partial charge >= 0.3 is 0 Å². The van der Waals surface area contributed by atoms with Crippen molar-refractivity contribution in [3.8, 4) is 5.75 Å². The third-order valence-corrected chi connectivity index (χ3v) is 3.78. The molecule has 0 saturated carbocycles. The maximum Gasteiger partial charge on any atom is 0.275 e. The molecular weight excluding hydrogens is 342 g/mol. The second kappa shape index (κ2) is 9.82. The molecule has 1 aromatic carbocycles. The van der Waals surface area contributed by atoms with Gasteiger partial charge in [-0.25, -0.2) is 0 Å². The highest BCUT2D eigenvalue weighted by molar-refractivity contribution is 6.06. The highest BCUT2D eigenvalue weighted by Gasteiger charge is 2.21. The van der Waals surface area contributed by atoms with Crippen molar-refractivity contribution in [1.82, 2.24) is 9.55 Å². The number of rotatable bonds is 5. The molecule has 27 heavy (non-hydrogen) atoms. The van der Waals surface area contributed by atoms with Crippen molar-refractivity contribution in [2.24, 2.45) is 7.05 Å². The van der Waals surface area contributed by atoms with Gasteiger partial charge in [-0.1, -0.05) is 18.2 Å². The Balaban J connectivity index is 0.000000313. The number of hydrogen-bond donors (Lipinski definition) is 1. The number of anilines is 1. The fourth-order valence-electron chi connectivity index (χ4n) is 2.47. The first kappa shape index (κ1) is 19.8. The van der Waals surface area contributed by atoms with Crippen molar-refractivity contribution >= 4 is 11.6 Å². The van der Waals surface area contributed by atoms with Crippen LogP contribution in [0.1, 0.15) is 10.5 Å². The molecule has 0 aliphatic carbocycles. The number of para-hydroxylation sites is 2. The maximum absolute atomic E-state index is 12.7. The third kappa shape index (κ3) is 5.22. The predicted octanol–water partition coefficient (Wildman–Crippen LogP) is 3.24. The molecule has 1 N–H and O–H groups in total. The van der Waals surface area contributed by atoms with E-state index in [2.05, 4.69) is 11.6 Å². The van der Waals surface area contributed by atoms with Gasteiger partial charge in [-0.2, -0.15) is 0 Å². The van der Waals surface area contributed by atoms with E-state index in [1.807, 2.05) is 43.6 Å². The van der Waals surface area contributed by atoms with Gasteiger partial charge in [0.15, 0.2) is 5.43 Å². The summed E-state index contributed by atoms with van der Waals surface area (Å²) in [4.78, 5) is 27.3. The molecule has 0 radical (unpaired) electrons. The van der Waals surface area contributed by atoms with Gasteiger partial charge in [0.05, 0.1) is 12.8 Å². The summed E-state index contributed by atoms with van der Waals surface area (Å²) in [5.41, 5.74) is 1.40. The van der Waals surface area contributed by atoms with Crippen LogP contribution in [0.5, 0.6) is 5.75 Å². The summed E-state index contributed by atoms with van der Waals surface area (Å²) in [7, 11) is 3.44. The number of pyridine rings is 1. The first-order chi connectivity index (χ1) is 13.1. The van der Waals surface area contributed by atoms with E-state index in [9.17, 15) is 9.59 Å². The molecule has 6 heteroatoms. The van der Waals surface area contributed by atoms with Crippen LogP contribution in [0.2, 0.25) is 0 Å². The van der Waals surface area contributed by atoms with Gasteiger partial charge in [0, 0.05) is 44.3 Å². The molecule has 2 heterocycles. The standard InChI is InChI=1S/C16H18N2O2.C5H5NO/c1-4-11-18(13-8-5-6-10-15(13)20-3)16(19)14-9-7-12-17(14)2;7-5-1-3-6-4-2-5/h4-10,12H,1,11H2,2-3H3;1-4H,(H,6,7). The monoisotopic (exact) mass is 365 g/mol. The molecule has 0 atom stereocenters. The van der Waals surface area contributed by atoms with E-state index >= 15 is 0 Å². The van der Waals surface area contributed by atoms with E-state index in [0.717, 1.165) is 5.69 Å². The Morgan fingerprint density at radius 1 is 1.19 bits per heavy atom. The lowest BCUT2D eigenvalue weighted by atomic mass is 10.2. The minimum atomic E-state index is -0.0816. The van der Waals surface area contributed by atoms with Crippen molar-refractivity contribution in [3.63, 3.8) is 0 Å². The number of aromatic amines is 1. The number of nitrogens with one attached hydrogen (secondary N) is 1. The Morgan fingerprint density at radius 3 is 2.41 bits per heavy atom. The van der Waals surface area contributed by atoms with E-state index < -0.39 is 0 Å². The first-order valence-electron chi connectivity index (χ1n) is 8.38. The SMILES string of the molecule is C=CCN(C(=O)c1cccn1C)c1ccccc1OC.O=c1cc[nH]cc1. The van der Waals surface area contributed by atoms with Crippen molar-refractivity contribution in [1.29, 1.82) is 0 Å². The summed E-state index contributed by atoms with van der Waals surface area (Å²) in [6.45, 7) is 4.15. The lowest BCUT2D eigenvalue weighted by molar-refractivity contribution is 0.0981. The van der Waals surface area contributed by atoms with Crippen LogP contribution in [0.25, 0.3) is 0 Å². The molecular formula is C21H23N3O3. The number of methoxy groups -OCH3 is 1. The molecule has 0 spiro atoms.